The molecule has 0 aromatic carbocycles. The molecule has 0 aliphatic heterocycles. The summed E-state index contributed by atoms with van der Waals surface area (Å²) in [4.78, 5) is 18.2. The van der Waals surface area contributed by atoms with Crippen LogP contribution in [0.5, 0.6) is 0 Å². The molecule has 1 rings (SSSR count). The fourth-order valence-corrected chi connectivity index (χ4v) is 1.96. The quantitative estimate of drug-likeness (QED) is 0.739. The van der Waals surface area contributed by atoms with Gasteiger partial charge in [-0.1, -0.05) is 18.2 Å². The van der Waals surface area contributed by atoms with Crippen LogP contribution in [0.15, 0.2) is 49.8 Å². The van der Waals surface area contributed by atoms with Crippen molar-refractivity contribution in [2.45, 2.75) is 38.8 Å². The highest BCUT2D eigenvalue weighted by Gasteiger charge is 2.28. The first-order chi connectivity index (χ1) is 9.89. The lowest BCUT2D eigenvalue weighted by molar-refractivity contribution is 0.0186. The highest BCUT2D eigenvalue weighted by molar-refractivity contribution is 5.69. The Labute approximate surface area is 127 Å². The summed E-state index contributed by atoms with van der Waals surface area (Å²) in [5.41, 5.74) is 0.412. The zero-order chi connectivity index (χ0) is 15.9. The lowest BCUT2D eigenvalue weighted by atomic mass is 10.0. The fourth-order valence-electron chi connectivity index (χ4n) is 1.96. The van der Waals surface area contributed by atoms with E-state index in [1.165, 1.54) is 0 Å². The Morgan fingerprint density at radius 3 is 2.62 bits per heavy atom. The van der Waals surface area contributed by atoms with Crippen molar-refractivity contribution in [2.24, 2.45) is 0 Å². The Bertz CT molecular complexity index is 477. The average Bonchev–Trinajstić information content (AvgIpc) is 2.41. The highest BCUT2D eigenvalue weighted by Crippen LogP contribution is 2.26. The molecule has 1 aromatic rings. The average molecular weight is 288 g/mol. The van der Waals surface area contributed by atoms with Crippen LogP contribution in [0.2, 0.25) is 0 Å². The molecule has 1 heterocycles. The number of rotatable bonds is 6. The second kappa shape index (κ2) is 7.62. The first-order valence-electron chi connectivity index (χ1n) is 7.00. The summed E-state index contributed by atoms with van der Waals surface area (Å²) in [6, 6.07) is 3.64. The highest BCUT2D eigenvalue weighted by atomic mass is 16.6. The molecule has 4 heteroatoms. The predicted octanol–water partition coefficient (Wildman–Crippen LogP) is 4.12. The van der Waals surface area contributed by atoms with Gasteiger partial charge in [0.15, 0.2) is 0 Å². The van der Waals surface area contributed by atoms with E-state index < -0.39 is 5.60 Å². The van der Waals surface area contributed by atoms with Gasteiger partial charge in [0.05, 0.1) is 6.04 Å². The SMILES string of the molecule is C=CCC(c1cccnc1)N(CC=C)C(=O)OC(C)(C)C. The van der Waals surface area contributed by atoms with Gasteiger partial charge in [-0.15, -0.1) is 13.2 Å². The van der Waals surface area contributed by atoms with Gasteiger partial charge < -0.3 is 4.74 Å². The van der Waals surface area contributed by atoms with Crippen molar-refractivity contribution in [1.82, 2.24) is 9.88 Å². The molecule has 0 aliphatic rings. The zero-order valence-electron chi connectivity index (χ0n) is 13.1. The Morgan fingerprint density at radius 2 is 2.14 bits per heavy atom. The van der Waals surface area contributed by atoms with Crippen molar-refractivity contribution in [3.05, 3.63) is 55.4 Å². The molecular formula is C17H24N2O2. The zero-order valence-corrected chi connectivity index (χ0v) is 13.1. The summed E-state index contributed by atoms with van der Waals surface area (Å²) in [6.07, 6.45) is 7.21. The maximum Gasteiger partial charge on any atom is 0.411 e. The molecule has 0 aliphatic carbocycles. The maximum absolute atomic E-state index is 12.4. The summed E-state index contributed by atoms with van der Waals surface area (Å²) in [5, 5.41) is 0. The Morgan fingerprint density at radius 1 is 1.43 bits per heavy atom. The van der Waals surface area contributed by atoms with Crippen LogP contribution in [-0.4, -0.2) is 28.1 Å². The van der Waals surface area contributed by atoms with Crippen molar-refractivity contribution < 1.29 is 9.53 Å². The Hall–Kier alpha value is -2.10. The standard InChI is InChI=1S/C17H24N2O2/c1-6-9-15(14-10-8-11-18-13-14)19(12-7-2)16(20)21-17(3,4)5/h6-8,10-11,13,15H,1-2,9,12H2,3-5H3. The summed E-state index contributed by atoms with van der Waals surface area (Å²) < 4.78 is 5.49. The second-order valence-electron chi connectivity index (χ2n) is 5.75. The monoisotopic (exact) mass is 288 g/mol. The fraction of sp³-hybridized carbons (Fsp3) is 0.412. The molecule has 0 spiro atoms. The first kappa shape index (κ1) is 17.0. The Kier molecular flexibility index (Phi) is 6.15. The summed E-state index contributed by atoms with van der Waals surface area (Å²) >= 11 is 0. The van der Waals surface area contributed by atoms with E-state index in [-0.39, 0.29) is 12.1 Å². The number of hydrogen-bond donors (Lipinski definition) is 0. The molecule has 0 N–H and O–H groups in total. The van der Waals surface area contributed by atoms with E-state index in [2.05, 4.69) is 18.1 Å². The van der Waals surface area contributed by atoms with Crippen molar-refractivity contribution in [1.29, 1.82) is 0 Å². The van der Waals surface area contributed by atoms with Crippen LogP contribution in [0.4, 0.5) is 4.79 Å². The summed E-state index contributed by atoms with van der Waals surface area (Å²) in [6.45, 7) is 13.5. The van der Waals surface area contributed by atoms with Crippen molar-refractivity contribution in [3.8, 4) is 0 Å². The number of nitrogens with zero attached hydrogens (tertiary/aromatic N) is 2. The van der Waals surface area contributed by atoms with Crippen LogP contribution in [0.25, 0.3) is 0 Å². The number of carbonyl (C=O) groups excluding carboxylic acids is 1. The third-order valence-corrected chi connectivity index (χ3v) is 2.79. The number of hydrogen-bond acceptors (Lipinski definition) is 3. The molecule has 0 bridgehead atoms. The minimum Gasteiger partial charge on any atom is -0.444 e. The minimum absolute atomic E-state index is 0.163. The van der Waals surface area contributed by atoms with Gasteiger partial charge in [-0.2, -0.15) is 0 Å². The summed E-state index contributed by atoms with van der Waals surface area (Å²) in [7, 11) is 0. The molecule has 4 nitrogen and oxygen atoms in total. The van der Waals surface area contributed by atoms with Gasteiger partial charge in [-0.3, -0.25) is 9.88 Å². The first-order valence-corrected chi connectivity index (χ1v) is 7.00. The largest absolute Gasteiger partial charge is 0.444 e. The molecular weight excluding hydrogens is 264 g/mol. The van der Waals surface area contributed by atoms with Crippen LogP contribution < -0.4 is 0 Å². The van der Waals surface area contributed by atoms with E-state index in [9.17, 15) is 4.79 Å². The number of aromatic nitrogens is 1. The smallest absolute Gasteiger partial charge is 0.411 e. The van der Waals surface area contributed by atoms with E-state index in [4.69, 9.17) is 4.74 Å². The van der Waals surface area contributed by atoms with Crippen LogP contribution in [-0.2, 0) is 4.74 Å². The minimum atomic E-state index is -0.538. The third kappa shape index (κ3) is 5.42. The molecule has 114 valence electrons. The second-order valence-corrected chi connectivity index (χ2v) is 5.75. The number of ether oxygens (including phenoxy) is 1. The van der Waals surface area contributed by atoms with Crippen molar-refractivity contribution >= 4 is 6.09 Å². The van der Waals surface area contributed by atoms with Gasteiger partial charge in [0.1, 0.15) is 5.60 Å². The van der Waals surface area contributed by atoms with Crippen molar-refractivity contribution in [2.75, 3.05) is 6.54 Å². The van der Waals surface area contributed by atoms with Gasteiger partial charge in [-0.05, 0) is 38.8 Å². The van der Waals surface area contributed by atoms with Gasteiger partial charge in [-0.25, -0.2) is 4.79 Å². The lowest BCUT2D eigenvalue weighted by Crippen LogP contribution is -2.39. The van der Waals surface area contributed by atoms with Crippen LogP contribution in [0.1, 0.15) is 38.8 Å². The molecule has 0 radical (unpaired) electrons. The number of pyridine rings is 1. The Balaban J connectivity index is 3.06. The van der Waals surface area contributed by atoms with Gasteiger partial charge in [0.25, 0.3) is 0 Å². The molecule has 1 aromatic heterocycles. The van der Waals surface area contributed by atoms with E-state index in [0.717, 1.165) is 5.56 Å². The van der Waals surface area contributed by atoms with Gasteiger partial charge in [0, 0.05) is 18.9 Å². The topological polar surface area (TPSA) is 42.4 Å². The van der Waals surface area contributed by atoms with E-state index >= 15 is 0 Å². The van der Waals surface area contributed by atoms with Crippen LogP contribution in [0.3, 0.4) is 0 Å². The van der Waals surface area contributed by atoms with Gasteiger partial charge >= 0.3 is 6.09 Å². The van der Waals surface area contributed by atoms with E-state index in [1.54, 1.807) is 29.4 Å². The molecule has 1 amide bonds. The molecule has 0 saturated heterocycles. The van der Waals surface area contributed by atoms with Crippen molar-refractivity contribution in [3.63, 3.8) is 0 Å². The van der Waals surface area contributed by atoms with Gasteiger partial charge in [0.2, 0.25) is 0 Å². The molecule has 1 unspecified atom stereocenters. The third-order valence-electron chi connectivity index (χ3n) is 2.79. The summed E-state index contributed by atoms with van der Waals surface area (Å²) in [5.74, 6) is 0. The lowest BCUT2D eigenvalue weighted by Gasteiger charge is -2.32. The van der Waals surface area contributed by atoms with E-state index in [0.29, 0.717) is 13.0 Å². The predicted molar refractivity (Wildman–Crippen MR) is 84.9 cm³/mol. The molecule has 0 saturated carbocycles. The van der Waals surface area contributed by atoms with E-state index in [1.807, 2.05) is 32.9 Å². The normalized spacial score (nSPS) is 12.3. The molecule has 21 heavy (non-hydrogen) atoms. The number of amides is 1. The van der Waals surface area contributed by atoms with Crippen LogP contribution >= 0.6 is 0 Å². The molecule has 1 atom stereocenters. The number of carbonyl (C=O) groups is 1. The maximum atomic E-state index is 12.4. The van der Waals surface area contributed by atoms with Crippen LogP contribution in [0, 0.1) is 0 Å². The molecule has 0 fully saturated rings.